The Morgan fingerprint density at radius 2 is 1.90 bits per heavy atom. The lowest BCUT2D eigenvalue weighted by molar-refractivity contribution is 0.228. The van der Waals surface area contributed by atoms with Gasteiger partial charge in [-0.25, -0.2) is 0 Å². The minimum atomic E-state index is 0.222. The quantitative estimate of drug-likeness (QED) is 0.409. The van der Waals surface area contributed by atoms with Gasteiger partial charge in [0.25, 0.3) is 0 Å². The number of nitrogens with zero attached hydrogens (tertiary/aromatic N) is 2. The molecule has 2 heterocycles. The van der Waals surface area contributed by atoms with Gasteiger partial charge < -0.3 is 15.1 Å². The Balaban J connectivity index is 1.47. The van der Waals surface area contributed by atoms with Crippen molar-refractivity contribution >= 4 is 17.3 Å². The first kappa shape index (κ1) is 22.4. The molecule has 0 spiro atoms. The van der Waals surface area contributed by atoms with Gasteiger partial charge in [0.2, 0.25) is 0 Å². The van der Waals surface area contributed by atoms with Crippen molar-refractivity contribution in [1.82, 2.24) is 10.3 Å². The summed E-state index contributed by atoms with van der Waals surface area (Å²) in [7, 11) is 0. The zero-order valence-corrected chi connectivity index (χ0v) is 19.0. The first-order valence-electron chi connectivity index (χ1n) is 11.7. The number of nitrogens with one attached hydrogen (secondary N) is 1. The lowest BCUT2D eigenvalue weighted by Gasteiger charge is -2.33. The van der Waals surface area contributed by atoms with E-state index in [0.717, 1.165) is 38.3 Å². The number of benzene rings is 1. The molecule has 1 N–H and O–H groups in total. The third-order valence-electron chi connectivity index (χ3n) is 6.18. The van der Waals surface area contributed by atoms with Crippen LogP contribution >= 0.6 is 11.6 Å². The number of hydrazone groups is 1. The number of ether oxygens (including phenoxy) is 1. The summed E-state index contributed by atoms with van der Waals surface area (Å²) in [5.41, 5.74) is 5.89. The normalized spacial score (nSPS) is 21.6. The molecule has 1 fully saturated rings. The van der Waals surface area contributed by atoms with Crippen LogP contribution in [-0.4, -0.2) is 36.9 Å². The first-order valence-corrected chi connectivity index (χ1v) is 12.1. The Hall–Kier alpha value is -1.26. The average Bonchev–Trinajstić information content (AvgIpc) is 3.14. The molecule has 3 rings (SSSR count). The summed E-state index contributed by atoms with van der Waals surface area (Å²) in [5, 5.41) is 5.33. The Morgan fingerprint density at radius 1 is 1.10 bits per heavy atom. The Labute approximate surface area is 182 Å². The summed E-state index contributed by atoms with van der Waals surface area (Å²) >= 11 is 6.56. The van der Waals surface area contributed by atoms with Crippen LogP contribution < -0.4 is 10.2 Å². The van der Waals surface area contributed by atoms with Crippen molar-refractivity contribution in [2.24, 2.45) is 11.0 Å². The predicted octanol–water partition coefficient (Wildman–Crippen LogP) is 6.20. The van der Waals surface area contributed by atoms with E-state index in [-0.39, 0.29) is 6.04 Å². The average molecular weight is 420 g/mol. The van der Waals surface area contributed by atoms with E-state index in [2.05, 4.69) is 41.4 Å². The Kier molecular flexibility index (Phi) is 9.13. The molecular weight excluding hydrogens is 382 g/mol. The molecule has 1 aromatic carbocycles. The maximum atomic E-state index is 6.56. The van der Waals surface area contributed by atoms with Crippen molar-refractivity contribution in [3.05, 3.63) is 28.8 Å². The highest BCUT2D eigenvalue weighted by molar-refractivity contribution is 6.32. The minimum Gasteiger partial charge on any atom is -0.492 e. The molecule has 0 aromatic heterocycles. The number of halogens is 1. The third kappa shape index (κ3) is 6.36. The molecule has 4 nitrogen and oxygen atoms in total. The van der Waals surface area contributed by atoms with Crippen LogP contribution in [0.2, 0.25) is 5.02 Å². The minimum absolute atomic E-state index is 0.222. The van der Waals surface area contributed by atoms with E-state index >= 15 is 0 Å². The maximum Gasteiger partial charge on any atom is 0.137 e. The molecule has 0 bridgehead atoms. The second kappa shape index (κ2) is 11.8. The topological polar surface area (TPSA) is 36.9 Å². The molecule has 162 valence electrons. The Bertz CT molecular complexity index is 664. The van der Waals surface area contributed by atoms with Gasteiger partial charge in [0.1, 0.15) is 5.75 Å². The van der Waals surface area contributed by atoms with Gasteiger partial charge in [0.15, 0.2) is 0 Å². The maximum absolute atomic E-state index is 6.56. The third-order valence-corrected chi connectivity index (χ3v) is 6.47. The van der Waals surface area contributed by atoms with Crippen LogP contribution in [0.5, 0.6) is 5.75 Å². The van der Waals surface area contributed by atoms with E-state index in [9.17, 15) is 0 Å². The molecule has 0 saturated carbocycles. The van der Waals surface area contributed by atoms with Crippen LogP contribution in [0.1, 0.15) is 83.2 Å². The fourth-order valence-corrected chi connectivity index (χ4v) is 4.75. The van der Waals surface area contributed by atoms with Gasteiger partial charge in [-0.15, -0.1) is 0 Å². The van der Waals surface area contributed by atoms with Gasteiger partial charge in [0, 0.05) is 31.1 Å². The van der Waals surface area contributed by atoms with Crippen LogP contribution in [0.15, 0.2) is 23.3 Å². The van der Waals surface area contributed by atoms with Crippen LogP contribution in [0.4, 0.5) is 0 Å². The molecule has 0 radical (unpaired) electrons. The van der Waals surface area contributed by atoms with E-state index < -0.39 is 0 Å². The second-order valence-electron chi connectivity index (χ2n) is 8.53. The van der Waals surface area contributed by atoms with Gasteiger partial charge in [-0.1, -0.05) is 70.0 Å². The van der Waals surface area contributed by atoms with E-state index in [0.29, 0.717) is 10.9 Å². The molecule has 1 aromatic rings. The van der Waals surface area contributed by atoms with Crippen LogP contribution in [0, 0.1) is 5.92 Å². The van der Waals surface area contributed by atoms with Crippen molar-refractivity contribution in [2.75, 3.05) is 26.2 Å². The summed E-state index contributed by atoms with van der Waals surface area (Å²) in [6.45, 7) is 8.63. The molecule has 0 amide bonds. The van der Waals surface area contributed by atoms with Crippen LogP contribution in [0.3, 0.4) is 0 Å². The first-order chi connectivity index (χ1) is 14.2. The standard InChI is InChI=1S/C24H38ClN3O/c1-3-5-6-7-8-9-10-16-29-23-12-11-19(17-21(23)25)24-20-18-28(14-4-2)15-13-22(20)26-27-24/h11-12,17,20,24,27H,3-10,13-16,18H2,1-2H3. The molecule has 29 heavy (non-hydrogen) atoms. The lowest BCUT2D eigenvalue weighted by Crippen LogP contribution is -2.42. The largest absolute Gasteiger partial charge is 0.492 e. The van der Waals surface area contributed by atoms with Crippen LogP contribution in [0.25, 0.3) is 0 Å². The fraction of sp³-hybridized carbons (Fsp3) is 0.708. The SMILES string of the molecule is CCCCCCCCCOc1ccc(C2NN=C3CCN(CCC)CC32)cc1Cl. The van der Waals surface area contributed by atoms with Crippen molar-refractivity contribution in [2.45, 2.75) is 77.7 Å². The second-order valence-corrected chi connectivity index (χ2v) is 8.93. The summed E-state index contributed by atoms with van der Waals surface area (Å²) in [5.74, 6) is 1.25. The number of fused-ring (bicyclic) bond motifs is 1. The zero-order valence-electron chi connectivity index (χ0n) is 18.3. The number of rotatable bonds is 12. The van der Waals surface area contributed by atoms with Crippen molar-refractivity contribution < 1.29 is 4.74 Å². The summed E-state index contributed by atoms with van der Waals surface area (Å²) in [6.07, 6.45) is 11.3. The number of unbranched alkanes of at least 4 members (excludes halogenated alkanes) is 6. The van der Waals surface area contributed by atoms with Gasteiger partial charge >= 0.3 is 0 Å². The molecule has 2 atom stereocenters. The van der Waals surface area contributed by atoms with Gasteiger partial charge in [-0.05, 0) is 37.1 Å². The van der Waals surface area contributed by atoms with E-state index in [1.165, 1.54) is 62.8 Å². The molecular formula is C24H38ClN3O. The molecule has 2 unspecified atom stereocenters. The highest BCUT2D eigenvalue weighted by Gasteiger charge is 2.36. The highest BCUT2D eigenvalue weighted by atomic mass is 35.5. The fourth-order valence-electron chi connectivity index (χ4n) is 4.51. The number of likely N-dealkylation sites (tertiary alicyclic amines) is 1. The smallest absolute Gasteiger partial charge is 0.137 e. The molecule has 0 aliphatic carbocycles. The molecule has 2 aliphatic rings. The van der Waals surface area contributed by atoms with Crippen molar-refractivity contribution in [3.8, 4) is 5.75 Å². The lowest BCUT2D eigenvalue weighted by atomic mass is 9.86. The van der Waals surface area contributed by atoms with Gasteiger partial charge in [-0.2, -0.15) is 5.10 Å². The molecule has 2 aliphatic heterocycles. The predicted molar refractivity (Wildman–Crippen MR) is 123 cm³/mol. The monoisotopic (exact) mass is 419 g/mol. The van der Waals surface area contributed by atoms with Crippen molar-refractivity contribution in [3.63, 3.8) is 0 Å². The van der Waals surface area contributed by atoms with E-state index in [1.54, 1.807) is 0 Å². The zero-order chi connectivity index (χ0) is 20.5. The van der Waals surface area contributed by atoms with Crippen LogP contribution in [-0.2, 0) is 0 Å². The summed E-state index contributed by atoms with van der Waals surface area (Å²) < 4.78 is 5.95. The number of hydrogen-bond donors (Lipinski definition) is 1. The summed E-state index contributed by atoms with van der Waals surface area (Å²) in [4.78, 5) is 2.56. The molecule has 1 saturated heterocycles. The highest BCUT2D eigenvalue weighted by Crippen LogP contribution is 2.35. The summed E-state index contributed by atoms with van der Waals surface area (Å²) in [6, 6.07) is 6.47. The molecule has 5 heteroatoms. The van der Waals surface area contributed by atoms with E-state index in [1.807, 2.05) is 6.07 Å². The van der Waals surface area contributed by atoms with Crippen molar-refractivity contribution in [1.29, 1.82) is 0 Å². The van der Waals surface area contributed by atoms with Gasteiger partial charge in [0.05, 0.1) is 17.7 Å². The van der Waals surface area contributed by atoms with Gasteiger partial charge in [-0.3, -0.25) is 0 Å². The van der Waals surface area contributed by atoms with E-state index in [4.69, 9.17) is 16.3 Å². The number of piperidine rings is 1. The number of hydrogen-bond acceptors (Lipinski definition) is 4. The Morgan fingerprint density at radius 3 is 2.66 bits per heavy atom.